The first kappa shape index (κ1) is 27.3. The highest BCUT2D eigenvalue weighted by molar-refractivity contribution is 6.31. The third-order valence-corrected chi connectivity index (χ3v) is 6.46. The maximum atomic E-state index is 13.4. The number of alkyl halides is 3. The molecule has 0 aliphatic carbocycles. The van der Waals surface area contributed by atoms with Crippen LogP contribution in [0.5, 0.6) is 11.5 Å². The summed E-state index contributed by atoms with van der Waals surface area (Å²) < 4.78 is 48.0. The molecule has 2 amide bonds. The Morgan fingerprint density at radius 2 is 2.03 bits per heavy atom. The van der Waals surface area contributed by atoms with Crippen LogP contribution in [0.15, 0.2) is 41.6 Å². The molecule has 2 aromatic carbocycles. The van der Waals surface area contributed by atoms with Gasteiger partial charge >= 0.3 is 6.36 Å². The second kappa shape index (κ2) is 10.6. The number of hydrogen-bond acceptors (Lipinski definition) is 7. The summed E-state index contributed by atoms with van der Waals surface area (Å²) in [5.74, 6) is -2.30. The molecular weight excluding hydrogens is 533 g/mol. The molecule has 2 atom stereocenters. The molecule has 2 aromatic rings. The van der Waals surface area contributed by atoms with Gasteiger partial charge < -0.3 is 35.4 Å². The van der Waals surface area contributed by atoms with Crippen LogP contribution in [-0.2, 0) is 26.6 Å². The van der Waals surface area contributed by atoms with Gasteiger partial charge in [0.2, 0.25) is 5.91 Å². The van der Waals surface area contributed by atoms with Gasteiger partial charge in [0, 0.05) is 41.7 Å². The van der Waals surface area contributed by atoms with Crippen LogP contribution < -0.4 is 20.5 Å². The van der Waals surface area contributed by atoms with E-state index in [4.69, 9.17) is 22.1 Å². The van der Waals surface area contributed by atoms with Gasteiger partial charge in [-0.3, -0.25) is 9.59 Å². The van der Waals surface area contributed by atoms with Crippen molar-refractivity contribution in [3.63, 3.8) is 0 Å². The predicted molar refractivity (Wildman–Crippen MR) is 128 cm³/mol. The number of likely N-dealkylation sites (tertiary alicyclic amines) is 1. The zero-order valence-electron chi connectivity index (χ0n) is 20.0. The molecular formula is C24H24ClF3N4O6. The number of carbonyl (C=O) groups excluding carboxylic acids is 2. The zero-order valence-corrected chi connectivity index (χ0v) is 20.8. The minimum absolute atomic E-state index is 0.160. The number of oxime groups is 1. The third-order valence-electron chi connectivity index (χ3n) is 6.24. The highest BCUT2D eigenvalue weighted by Crippen LogP contribution is 2.47. The fourth-order valence-electron chi connectivity index (χ4n) is 4.27. The Kier molecular flexibility index (Phi) is 7.61. The summed E-state index contributed by atoms with van der Waals surface area (Å²) in [5, 5.41) is 17.6. The fraction of sp³-hybridized carbons (Fsp3) is 0.375. The number of nitrogens with two attached hydrogens (primary N) is 1. The van der Waals surface area contributed by atoms with Crippen LogP contribution in [0.1, 0.15) is 29.5 Å². The third kappa shape index (κ3) is 5.58. The maximum absolute atomic E-state index is 13.4. The van der Waals surface area contributed by atoms with Gasteiger partial charge in [0.05, 0.1) is 6.61 Å². The van der Waals surface area contributed by atoms with Gasteiger partial charge in [-0.2, -0.15) is 0 Å². The average Bonchev–Trinajstić information content (AvgIpc) is 2.82. The maximum Gasteiger partial charge on any atom is 0.573 e. The number of amides is 2. The number of amidine groups is 1. The van der Waals surface area contributed by atoms with E-state index in [1.54, 1.807) is 24.3 Å². The highest BCUT2D eigenvalue weighted by Gasteiger charge is 2.51. The van der Waals surface area contributed by atoms with E-state index in [0.29, 0.717) is 12.0 Å². The molecule has 1 saturated heterocycles. The summed E-state index contributed by atoms with van der Waals surface area (Å²) in [7, 11) is 1.37. The molecule has 2 unspecified atom stereocenters. The lowest BCUT2D eigenvalue weighted by molar-refractivity contribution is -0.275. The number of fused-ring (bicyclic) bond motifs is 1. The summed E-state index contributed by atoms with van der Waals surface area (Å²) in [6.45, 7) is 0.0771. The van der Waals surface area contributed by atoms with E-state index in [0.717, 1.165) is 17.7 Å². The number of ether oxygens (including phenoxy) is 2. The van der Waals surface area contributed by atoms with Crippen LogP contribution in [0.3, 0.4) is 0 Å². The predicted octanol–water partition coefficient (Wildman–Crippen LogP) is 2.39. The zero-order chi connectivity index (χ0) is 27.7. The van der Waals surface area contributed by atoms with Gasteiger partial charge in [0.1, 0.15) is 13.2 Å². The first-order valence-electron chi connectivity index (χ1n) is 11.4. The quantitative estimate of drug-likeness (QED) is 0.271. The SMILES string of the molecule is CO/N=C(\N)c1ccc(CNC(=O)C2CCN2C(=O)C2(O)CCOc3c(OC(F)(F)F)cc(Cl)cc32)cc1. The van der Waals surface area contributed by atoms with Crippen LogP contribution in [0.25, 0.3) is 0 Å². The average molecular weight is 557 g/mol. The minimum atomic E-state index is -5.05. The Bertz CT molecular complexity index is 1260. The van der Waals surface area contributed by atoms with Gasteiger partial charge in [-0.25, -0.2) is 0 Å². The van der Waals surface area contributed by atoms with Crippen LogP contribution in [0.4, 0.5) is 13.2 Å². The summed E-state index contributed by atoms with van der Waals surface area (Å²) >= 11 is 5.97. The second-order valence-electron chi connectivity index (χ2n) is 8.66. The number of hydrogen-bond donors (Lipinski definition) is 3. The summed E-state index contributed by atoms with van der Waals surface area (Å²) in [6, 6.07) is 8.06. The van der Waals surface area contributed by atoms with Gasteiger partial charge in [0.15, 0.2) is 22.9 Å². The molecule has 2 aliphatic rings. The molecule has 10 nitrogen and oxygen atoms in total. The molecule has 0 saturated carbocycles. The van der Waals surface area contributed by atoms with Gasteiger partial charge in [0.25, 0.3) is 5.91 Å². The van der Waals surface area contributed by atoms with Crippen LogP contribution in [-0.4, -0.2) is 60.3 Å². The lowest BCUT2D eigenvalue weighted by Gasteiger charge is -2.45. The first-order valence-corrected chi connectivity index (χ1v) is 11.8. The smallest absolute Gasteiger partial charge is 0.489 e. The number of benzene rings is 2. The van der Waals surface area contributed by atoms with Crippen molar-refractivity contribution in [3.05, 3.63) is 58.1 Å². The van der Waals surface area contributed by atoms with Crippen molar-refractivity contribution < 1.29 is 42.2 Å². The van der Waals surface area contributed by atoms with Gasteiger partial charge in [-0.15, -0.1) is 13.2 Å². The first-order chi connectivity index (χ1) is 17.9. The topological polar surface area (TPSA) is 136 Å². The molecule has 4 rings (SSSR count). The number of aliphatic hydroxyl groups is 1. The van der Waals surface area contributed by atoms with E-state index >= 15 is 0 Å². The molecule has 1 fully saturated rings. The van der Waals surface area contributed by atoms with Crippen molar-refractivity contribution in [2.75, 3.05) is 20.3 Å². The molecule has 14 heteroatoms. The molecule has 0 spiro atoms. The molecule has 204 valence electrons. The Balaban J connectivity index is 1.47. The van der Waals surface area contributed by atoms with Crippen LogP contribution in [0, 0.1) is 0 Å². The monoisotopic (exact) mass is 556 g/mol. The van der Waals surface area contributed by atoms with Crippen molar-refractivity contribution in [1.29, 1.82) is 0 Å². The van der Waals surface area contributed by atoms with Gasteiger partial charge in [-0.05, 0) is 18.1 Å². The molecule has 0 radical (unpaired) electrons. The number of nitrogens with one attached hydrogen (secondary N) is 1. The minimum Gasteiger partial charge on any atom is -0.489 e. The highest BCUT2D eigenvalue weighted by atomic mass is 35.5. The van der Waals surface area contributed by atoms with Crippen molar-refractivity contribution in [1.82, 2.24) is 10.2 Å². The Labute approximate surface area is 220 Å². The van der Waals surface area contributed by atoms with Crippen molar-refractivity contribution in [2.24, 2.45) is 10.9 Å². The largest absolute Gasteiger partial charge is 0.573 e. The molecule has 0 aromatic heterocycles. The van der Waals surface area contributed by atoms with Crippen molar-refractivity contribution in [2.45, 2.75) is 37.4 Å². The van der Waals surface area contributed by atoms with E-state index in [1.807, 2.05) is 0 Å². The number of carbonyl (C=O) groups is 2. The Morgan fingerprint density at radius 1 is 1.32 bits per heavy atom. The van der Waals surface area contributed by atoms with E-state index < -0.39 is 41.3 Å². The molecule has 4 N–H and O–H groups in total. The lowest BCUT2D eigenvalue weighted by Crippen LogP contribution is -2.63. The lowest BCUT2D eigenvalue weighted by atomic mass is 9.84. The Hall–Kier alpha value is -3.71. The molecule has 2 aliphatic heterocycles. The fourth-order valence-corrected chi connectivity index (χ4v) is 4.48. The number of nitrogens with zero attached hydrogens (tertiary/aromatic N) is 2. The standard InChI is InChI=1S/C24H24ClF3N4O6/c1-36-31-20(29)14-4-2-13(3-5-14)12-30-21(33)17-6-8-32(17)22(34)23(35)7-9-37-19-16(23)10-15(25)11-18(19)38-24(26,27)28/h2-5,10-11,17,35H,6-9,12H2,1H3,(H2,29,31)(H,30,33). The Morgan fingerprint density at radius 3 is 2.63 bits per heavy atom. The number of halogens is 4. The summed E-state index contributed by atoms with van der Waals surface area (Å²) in [6.07, 6.45) is -4.96. The molecule has 2 heterocycles. The second-order valence-corrected chi connectivity index (χ2v) is 9.10. The van der Waals surface area contributed by atoms with Crippen molar-refractivity contribution in [3.8, 4) is 11.5 Å². The van der Waals surface area contributed by atoms with Crippen molar-refractivity contribution >= 4 is 29.3 Å². The van der Waals surface area contributed by atoms with E-state index in [9.17, 15) is 27.9 Å². The van der Waals surface area contributed by atoms with Gasteiger partial charge in [-0.1, -0.05) is 41.0 Å². The van der Waals surface area contributed by atoms with E-state index in [1.165, 1.54) is 12.0 Å². The van der Waals surface area contributed by atoms with E-state index in [-0.39, 0.29) is 42.5 Å². The summed E-state index contributed by atoms with van der Waals surface area (Å²) in [5.41, 5.74) is 4.62. The van der Waals surface area contributed by atoms with E-state index in [2.05, 4.69) is 20.0 Å². The normalized spacial score (nSPS) is 21.1. The number of rotatable bonds is 7. The van der Waals surface area contributed by atoms with Crippen LogP contribution in [0.2, 0.25) is 5.02 Å². The van der Waals surface area contributed by atoms with Crippen LogP contribution >= 0.6 is 11.6 Å². The summed E-state index contributed by atoms with van der Waals surface area (Å²) in [4.78, 5) is 32.1. The molecule has 0 bridgehead atoms. The molecule has 38 heavy (non-hydrogen) atoms.